The lowest BCUT2D eigenvalue weighted by Gasteiger charge is -2.17. The molecule has 0 saturated carbocycles. The first-order valence-electron chi connectivity index (χ1n) is 7.38. The lowest BCUT2D eigenvalue weighted by Crippen LogP contribution is -2.23. The fourth-order valence-corrected chi connectivity index (χ4v) is 3.22. The molecule has 0 unspecified atom stereocenters. The Hall–Kier alpha value is -1.50. The second kappa shape index (κ2) is 8.22. The number of ether oxygens (including phenoxy) is 1. The first-order valence-corrected chi connectivity index (χ1v) is 8.20. The standard InChI is InChI=1S/C16H24N4OS/c1-19(2)10-5-11-20(3)12-13-6-8-15(22-13)14-7-9-16(21-4)18-17-14/h6-9H,5,10-12H2,1-4H3. The number of methoxy groups -OCH3 is 1. The van der Waals surface area contributed by atoms with Gasteiger partial charge in [0.2, 0.25) is 5.88 Å². The third-order valence-electron chi connectivity index (χ3n) is 3.33. The van der Waals surface area contributed by atoms with E-state index in [9.17, 15) is 0 Å². The molecule has 0 N–H and O–H groups in total. The third kappa shape index (κ3) is 5.05. The molecule has 0 bridgehead atoms. The van der Waals surface area contributed by atoms with Crippen LogP contribution in [0.4, 0.5) is 0 Å². The predicted molar refractivity (Wildman–Crippen MR) is 91.4 cm³/mol. The molecule has 2 aromatic rings. The Labute approximate surface area is 136 Å². The molecule has 0 amide bonds. The monoisotopic (exact) mass is 320 g/mol. The first-order chi connectivity index (χ1) is 10.6. The summed E-state index contributed by atoms with van der Waals surface area (Å²) in [6, 6.07) is 8.08. The SMILES string of the molecule is COc1ccc(-c2ccc(CN(C)CCCN(C)C)s2)nn1. The van der Waals surface area contributed by atoms with Gasteiger partial charge in [-0.05, 0) is 58.9 Å². The molecular weight excluding hydrogens is 296 g/mol. The van der Waals surface area contributed by atoms with Crippen molar-refractivity contribution in [1.82, 2.24) is 20.0 Å². The number of hydrogen-bond acceptors (Lipinski definition) is 6. The van der Waals surface area contributed by atoms with Crippen LogP contribution in [0.15, 0.2) is 24.3 Å². The molecule has 2 aromatic heterocycles. The van der Waals surface area contributed by atoms with Crippen LogP contribution >= 0.6 is 11.3 Å². The van der Waals surface area contributed by atoms with Crippen LogP contribution < -0.4 is 4.74 Å². The highest BCUT2D eigenvalue weighted by Crippen LogP contribution is 2.27. The van der Waals surface area contributed by atoms with Crippen molar-refractivity contribution in [1.29, 1.82) is 0 Å². The Morgan fingerprint density at radius 2 is 1.86 bits per heavy atom. The van der Waals surface area contributed by atoms with E-state index in [1.807, 2.05) is 12.1 Å². The van der Waals surface area contributed by atoms with Gasteiger partial charge in [-0.2, -0.15) is 0 Å². The first kappa shape index (κ1) is 16.9. The van der Waals surface area contributed by atoms with Gasteiger partial charge >= 0.3 is 0 Å². The van der Waals surface area contributed by atoms with E-state index in [0.717, 1.165) is 30.2 Å². The second-order valence-corrected chi connectivity index (χ2v) is 6.79. The van der Waals surface area contributed by atoms with Crippen molar-refractivity contribution in [2.45, 2.75) is 13.0 Å². The number of hydrogen-bond donors (Lipinski definition) is 0. The Morgan fingerprint density at radius 1 is 1.05 bits per heavy atom. The lowest BCUT2D eigenvalue weighted by molar-refractivity contribution is 0.296. The summed E-state index contributed by atoms with van der Waals surface area (Å²) in [7, 11) is 7.99. The van der Waals surface area contributed by atoms with Gasteiger partial charge in [0.05, 0.1) is 12.0 Å². The summed E-state index contributed by atoms with van der Waals surface area (Å²) in [5.74, 6) is 0.543. The molecule has 0 radical (unpaired) electrons. The minimum atomic E-state index is 0.543. The largest absolute Gasteiger partial charge is 0.480 e. The van der Waals surface area contributed by atoms with Gasteiger partial charge in [0.15, 0.2) is 0 Å². The zero-order valence-corrected chi connectivity index (χ0v) is 14.6. The van der Waals surface area contributed by atoms with Crippen molar-refractivity contribution in [3.63, 3.8) is 0 Å². The second-order valence-electron chi connectivity index (χ2n) is 5.62. The van der Waals surface area contributed by atoms with Gasteiger partial charge in [-0.3, -0.25) is 0 Å². The number of thiophene rings is 1. The molecule has 22 heavy (non-hydrogen) atoms. The summed E-state index contributed by atoms with van der Waals surface area (Å²) in [4.78, 5) is 7.07. The summed E-state index contributed by atoms with van der Waals surface area (Å²) in [6.07, 6.45) is 1.19. The van der Waals surface area contributed by atoms with E-state index in [2.05, 4.69) is 53.3 Å². The highest BCUT2D eigenvalue weighted by Gasteiger charge is 2.07. The smallest absolute Gasteiger partial charge is 0.233 e. The number of nitrogens with zero attached hydrogens (tertiary/aromatic N) is 4. The molecule has 0 aromatic carbocycles. The van der Waals surface area contributed by atoms with Crippen LogP contribution in [0.2, 0.25) is 0 Å². The van der Waals surface area contributed by atoms with Gasteiger partial charge in [0.25, 0.3) is 0 Å². The third-order valence-corrected chi connectivity index (χ3v) is 4.43. The van der Waals surface area contributed by atoms with Crippen LogP contribution in [0.5, 0.6) is 5.88 Å². The van der Waals surface area contributed by atoms with Crippen LogP contribution in [0, 0.1) is 0 Å². The van der Waals surface area contributed by atoms with Crippen molar-refractivity contribution in [3.8, 4) is 16.5 Å². The van der Waals surface area contributed by atoms with E-state index in [0.29, 0.717) is 5.88 Å². The van der Waals surface area contributed by atoms with Crippen LogP contribution in [0.25, 0.3) is 10.6 Å². The van der Waals surface area contributed by atoms with Crippen LogP contribution in [-0.2, 0) is 6.54 Å². The Bertz CT molecular complexity index is 568. The van der Waals surface area contributed by atoms with Crippen molar-refractivity contribution in [2.75, 3.05) is 41.3 Å². The molecule has 0 aliphatic carbocycles. The van der Waals surface area contributed by atoms with Gasteiger partial charge < -0.3 is 14.5 Å². The fraction of sp³-hybridized carbons (Fsp3) is 0.500. The van der Waals surface area contributed by atoms with Gasteiger partial charge in [0, 0.05) is 17.5 Å². The van der Waals surface area contributed by atoms with Crippen LogP contribution in [0.3, 0.4) is 0 Å². The minimum absolute atomic E-state index is 0.543. The lowest BCUT2D eigenvalue weighted by atomic mass is 10.3. The van der Waals surface area contributed by atoms with Crippen molar-refractivity contribution in [3.05, 3.63) is 29.1 Å². The Morgan fingerprint density at radius 3 is 2.50 bits per heavy atom. The molecule has 5 nitrogen and oxygen atoms in total. The summed E-state index contributed by atoms with van der Waals surface area (Å²) in [6.45, 7) is 3.21. The minimum Gasteiger partial charge on any atom is -0.480 e. The van der Waals surface area contributed by atoms with Crippen molar-refractivity contribution < 1.29 is 4.74 Å². The molecular formula is C16H24N4OS. The zero-order chi connectivity index (χ0) is 15.9. The molecule has 2 heterocycles. The highest BCUT2D eigenvalue weighted by molar-refractivity contribution is 7.15. The van der Waals surface area contributed by atoms with Crippen LogP contribution in [-0.4, -0.2) is 61.3 Å². The van der Waals surface area contributed by atoms with E-state index < -0.39 is 0 Å². The quantitative estimate of drug-likeness (QED) is 0.748. The highest BCUT2D eigenvalue weighted by atomic mass is 32.1. The van der Waals surface area contributed by atoms with E-state index in [1.54, 1.807) is 18.4 Å². The molecule has 120 valence electrons. The summed E-state index contributed by atoms with van der Waals surface area (Å²) in [5.41, 5.74) is 0.896. The molecule has 0 fully saturated rings. The predicted octanol–water partition coefficient (Wildman–Crippen LogP) is 2.60. The summed E-state index contributed by atoms with van der Waals surface area (Å²) in [5, 5.41) is 8.22. The van der Waals surface area contributed by atoms with Crippen molar-refractivity contribution in [2.24, 2.45) is 0 Å². The maximum atomic E-state index is 5.04. The molecule has 0 spiro atoms. The van der Waals surface area contributed by atoms with Crippen molar-refractivity contribution >= 4 is 11.3 Å². The van der Waals surface area contributed by atoms with E-state index in [1.165, 1.54) is 11.3 Å². The zero-order valence-electron chi connectivity index (χ0n) is 13.7. The van der Waals surface area contributed by atoms with E-state index >= 15 is 0 Å². The van der Waals surface area contributed by atoms with Gasteiger partial charge in [-0.25, -0.2) is 0 Å². The van der Waals surface area contributed by atoms with E-state index in [-0.39, 0.29) is 0 Å². The maximum absolute atomic E-state index is 5.04. The Balaban J connectivity index is 1.90. The van der Waals surface area contributed by atoms with Gasteiger partial charge in [-0.15, -0.1) is 21.5 Å². The molecule has 0 saturated heterocycles. The molecule has 0 aliphatic rings. The van der Waals surface area contributed by atoms with Gasteiger partial charge in [-0.1, -0.05) is 0 Å². The molecule has 6 heteroatoms. The average molecular weight is 320 g/mol. The van der Waals surface area contributed by atoms with Gasteiger partial charge in [0.1, 0.15) is 5.69 Å². The fourth-order valence-electron chi connectivity index (χ4n) is 2.16. The molecule has 0 atom stereocenters. The molecule has 0 aliphatic heterocycles. The average Bonchev–Trinajstić information content (AvgIpc) is 2.95. The summed E-state index contributed by atoms with van der Waals surface area (Å²) >= 11 is 1.77. The number of rotatable bonds is 8. The topological polar surface area (TPSA) is 41.5 Å². The Kier molecular flexibility index (Phi) is 6.30. The van der Waals surface area contributed by atoms with E-state index in [4.69, 9.17) is 4.74 Å². The maximum Gasteiger partial charge on any atom is 0.233 e. The summed E-state index contributed by atoms with van der Waals surface area (Å²) < 4.78 is 5.04. The number of aromatic nitrogens is 2. The van der Waals surface area contributed by atoms with Crippen LogP contribution in [0.1, 0.15) is 11.3 Å². The molecule has 2 rings (SSSR count). The normalized spacial score (nSPS) is 11.4.